The number of hydrogen-bond donors (Lipinski definition) is 1. The molecule has 1 heterocycles. The minimum atomic E-state index is -0.838. The highest BCUT2D eigenvalue weighted by Gasteiger charge is 2.35. The van der Waals surface area contributed by atoms with Crippen molar-refractivity contribution in [2.24, 2.45) is 5.92 Å². The third-order valence-electron chi connectivity index (χ3n) is 2.98. The van der Waals surface area contributed by atoms with Gasteiger partial charge in [-0.1, -0.05) is 15.9 Å². The van der Waals surface area contributed by atoms with Crippen LogP contribution >= 0.6 is 15.9 Å². The van der Waals surface area contributed by atoms with E-state index in [0.717, 1.165) is 4.47 Å². The normalized spacial score (nSPS) is 14.9. The number of nitrogens with zero attached hydrogens (tertiary/aromatic N) is 1. The summed E-state index contributed by atoms with van der Waals surface area (Å²) in [4.78, 5) is 23.8. The number of benzene rings is 1. The predicted octanol–water partition coefficient (Wildman–Crippen LogP) is 1.76. The van der Waals surface area contributed by atoms with Gasteiger partial charge in [-0.2, -0.15) is 0 Å². The second kappa shape index (κ2) is 6.06. The van der Waals surface area contributed by atoms with Gasteiger partial charge in [0.1, 0.15) is 5.75 Å². The van der Waals surface area contributed by atoms with E-state index < -0.39 is 11.9 Å². The van der Waals surface area contributed by atoms with Gasteiger partial charge in [0.2, 0.25) is 5.91 Å². The van der Waals surface area contributed by atoms with Crippen LogP contribution in [0.1, 0.15) is 6.42 Å². The van der Waals surface area contributed by atoms with Gasteiger partial charge in [-0.3, -0.25) is 9.59 Å². The zero-order chi connectivity index (χ0) is 13.8. The fourth-order valence-corrected chi connectivity index (χ4v) is 2.05. The number of likely N-dealkylation sites (tertiary alicyclic amines) is 1. The first-order chi connectivity index (χ1) is 9.06. The molecule has 0 aromatic heterocycles. The van der Waals surface area contributed by atoms with Gasteiger partial charge in [-0.05, 0) is 24.3 Å². The molecule has 0 radical (unpaired) electrons. The number of aliphatic carboxylic acids is 1. The number of carboxylic acid groups (broad SMARTS) is 1. The van der Waals surface area contributed by atoms with Crippen molar-refractivity contribution in [1.29, 1.82) is 0 Å². The van der Waals surface area contributed by atoms with Crippen molar-refractivity contribution < 1.29 is 19.4 Å². The standard InChI is InChI=1S/C13H14BrNO4/c14-10-1-3-11(4-2-10)19-6-5-12(16)15-7-9(8-15)13(17)18/h1-4,9H,5-8H2,(H,17,18). The van der Waals surface area contributed by atoms with Crippen molar-refractivity contribution in [1.82, 2.24) is 4.90 Å². The van der Waals surface area contributed by atoms with Gasteiger partial charge >= 0.3 is 5.97 Å². The summed E-state index contributed by atoms with van der Waals surface area (Å²) < 4.78 is 6.41. The summed E-state index contributed by atoms with van der Waals surface area (Å²) in [7, 11) is 0. The topological polar surface area (TPSA) is 66.8 Å². The summed E-state index contributed by atoms with van der Waals surface area (Å²) >= 11 is 3.33. The third-order valence-corrected chi connectivity index (χ3v) is 3.51. The first-order valence-electron chi connectivity index (χ1n) is 5.95. The zero-order valence-electron chi connectivity index (χ0n) is 10.2. The molecule has 5 nitrogen and oxygen atoms in total. The minimum absolute atomic E-state index is 0.0605. The molecule has 1 amide bonds. The van der Waals surface area contributed by atoms with Gasteiger partial charge < -0.3 is 14.7 Å². The Bertz CT molecular complexity index is 468. The molecule has 0 spiro atoms. The number of carbonyl (C=O) groups excluding carboxylic acids is 1. The molecule has 1 aliphatic heterocycles. The van der Waals surface area contributed by atoms with Gasteiger partial charge in [0.05, 0.1) is 18.9 Å². The minimum Gasteiger partial charge on any atom is -0.493 e. The lowest BCUT2D eigenvalue weighted by molar-refractivity contribution is -0.152. The summed E-state index contributed by atoms with van der Waals surface area (Å²) in [5, 5.41) is 8.71. The molecule has 0 unspecified atom stereocenters. The molecule has 1 fully saturated rings. The molecule has 0 saturated carbocycles. The molecule has 1 aromatic rings. The maximum absolute atomic E-state index is 11.7. The summed E-state index contributed by atoms with van der Waals surface area (Å²) in [6.07, 6.45) is 0.266. The van der Waals surface area contributed by atoms with Crippen LogP contribution < -0.4 is 4.74 Å². The van der Waals surface area contributed by atoms with Crippen LogP contribution in [0.4, 0.5) is 0 Å². The van der Waals surface area contributed by atoms with Crippen molar-refractivity contribution in [3.05, 3.63) is 28.7 Å². The predicted molar refractivity (Wildman–Crippen MR) is 72.0 cm³/mol. The number of ether oxygens (including phenoxy) is 1. The molecule has 102 valence electrons. The van der Waals surface area contributed by atoms with Crippen molar-refractivity contribution in [2.75, 3.05) is 19.7 Å². The number of amides is 1. The van der Waals surface area contributed by atoms with E-state index in [2.05, 4.69) is 15.9 Å². The Balaban J connectivity index is 1.68. The Kier molecular flexibility index (Phi) is 4.42. The molecule has 0 bridgehead atoms. The lowest BCUT2D eigenvalue weighted by Gasteiger charge is -2.36. The van der Waals surface area contributed by atoms with Crippen LogP contribution in [0.2, 0.25) is 0 Å². The van der Waals surface area contributed by atoms with Gasteiger partial charge in [0.25, 0.3) is 0 Å². The van der Waals surface area contributed by atoms with Crippen molar-refractivity contribution in [3.63, 3.8) is 0 Å². The van der Waals surface area contributed by atoms with Crippen molar-refractivity contribution in [3.8, 4) is 5.75 Å². The lowest BCUT2D eigenvalue weighted by atomic mass is 10.0. The molecule has 19 heavy (non-hydrogen) atoms. The molecule has 0 atom stereocenters. The van der Waals surface area contributed by atoms with E-state index in [1.165, 1.54) is 0 Å². The highest BCUT2D eigenvalue weighted by Crippen LogP contribution is 2.18. The highest BCUT2D eigenvalue weighted by molar-refractivity contribution is 9.10. The van der Waals surface area contributed by atoms with Crippen LogP contribution in [0.3, 0.4) is 0 Å². The molecular weight excluding hydrogens is 314 g/mol. The summed E-state index contributed by atoms with van der Waals surface area (Å²) in [6.45, 7) is 0.924. The van der Waals surface area contributed by atoms with E-state index in [4.69, 9.17) is 9.84 Å². The fourth-order valence-electron chi connectivity index (χ4n) is 1.78. The summed E-state index contributed by atoms with van der Waals surface area (Å²) in [6, 6.07) is 7.37. The molecule has 0 aliphatic carbocycles. The number of carbonyl (C=O) groups is 2. The highest BCUT2D eigenvalue weighted by atomic mass is 79.9. The van der Waals surface area contributed by atoms with E-state index in [9.17, 15) is 9.59 Å². The summed E-state index contributed by atoms with van der Waals surface area (Å²) in [5.41, 5.74) is 0. The Morgan fingerprint density at radius 1 is 1.32 bits per heavy atom. The Hall–Kier alpha value is -1.56. The fraction of sp³-hybridized carbons (Fsp3) is 0.385. The van der Waals surface area contributed by atoms with Crippen LogP contribution in [0.5, 0.6) is 5.75 Å². The molecule has 6 heteroatoms. The molecule has 1 saturated heterocycles. The molecular formula is C13H14BrNO4. The van der Waals surface area contributed by atoms with E-state index in [1.54, 1.807) is 4.90 Å². The number of rotatable bonds is 5. The zero-order valence-corrected chi connectivity index (χ0v) is 11.8. The quantitative estimate of drug-likeness (QED) is 0.894. The second-order valence-corrected chi connectivity index (χ2v) is 5.30. The van der Waals surface area contributed by atoms with E-state index in [-0.39, 0.29) is 12.3 Å². The number of hydrogen-bond acceptors (Lipinski definition) is 3. The smallest absolute Gasteiger partial charge is 0.310 e. The second-order valence-electron chi connectivity index (χ2n) is 4.39. The van der Waals surface area contributed by atoms with Crippen LogP contribution in [0.25, 0.3) is 0 Å². The largest absolute Gasteiger partial charge is 0.493 e. The van der Waals surface area contributed by atoms with Crippen LogP contribution in [-0.2, 0) is 9.59 Å². The number of carboxylic acids is 1. The van der Waals surface area contributed by atoms with Gasteiger partial charge in [-0.15, -0.1) is 0 Å². The maximum Gasteiger partial charge on any atom is 0.310 e. The third kappa shape index (κ3) is 3.70. The molecule has 1 N–H and O–H groups in total. The van der Waals surface area contributed by atoms with E-state index in [0.29, 0.717) is 25.4 Å². The SMILES string of the molecule is O=C(O)C1CN(C(=O)CCOc2ccc(Br)cc2)C1. The Morgan fingerprint density at radius 3 is 2.53 bits per heavy atom. The summed E-state index contributed by atoms with van der Waals surface area (Å²) in [5.74, 6) is -0.593. The Morgan fingerprint density at radius 2 is 1.95 bits per heavy atom. The van der Waals surface area contributed by atoms with E-state index >= 15 is 0 Å². The van der Waals surface area contributed by atoms with Gasteiger partial charge in [-0.25, -0.2) is 0 Å². The average molecular weight is 328 g/mol. The van der Waals surface area contributed by atoms with E-state index in [1.807, 2.05) is 24.3 Å². The lowest BCUT2D eigenvalue weighted by Crippen LogP contribution is -2.53. The Labute approximate surface area is 119 Å². The van der Waals surface area contributed by atoms with Crippen molar-refractivity contribution in [2.45, 2.75) is 6.42 Å². The van der Waals surface area contributed by atoms with Gasteiger partial charge in [0, 0.05) is 17.6 Å². The maximum atomic E-state index is 11.7. The van der Waals surface area contributed by atoms with Crippen molar-refractivity contribution >= 4 is 27.8 Å². The van der Waals surface area contributed by atoms with Crippen LogP contribution in [-0.4, -0.2) is 41.6 Å². The monoisotopic (exact) mass is 327 g/mol. The van der Waals surface area contributed by atoms with Crippen LogP contribution in [0.15, 0.2) is 28.7 Å². The molecule has 1 aliphatic rings. The number of halogens is 1. The van der Waals surface area contributed by atoms with Crippen LogP contribution in [0, 0.1) is 5.92 Å². The average Bonchev–Trinajstić information content (AvgIpc) is 2.29. The molecule has 1 aromatic carbocycles. The first kappa shape index (κ1) is 13.9. The molecule has 2 rings (SSSR count). The van der Waals surface area contributed by atoms with Gasteiger partial charge in [0.15, 0.2) is 0 Å². The first-order valence-corrected chi connectivity index (χ1v) is 6.74.